The van der Waals surface area contributed by atoms with E-state index >= 15 is 0 Å². The number of carbonyl (C=O) groups is 1. The van der Waals surface area contributed by atoms with Crippen molar-refractivity contribution in [2.24, 2.45) is 0 Å². The van der Waals surface area contributed by atoms with Gasteiger partial charge in [-0.2, -0.15) is 0 Å². The van der Waals surface area contributed by atoms with Crippen molar-refractivity contribution in [3.63, 3.8) is 0 Å². The first-order valence-electron chi connectivity index (χ1n) is 5.20. The van der Waals surface area contributed by atoms with Gasteiger partial charge in [0.1, 0.15) is 5.75 Å². The van der Waals surface area contributed by atoms with Gasteiger partial charge in [-0.3, -0.25) is 11.4 Å². The number of rotatable bonds is 3. The van der Waals surface area contributed by atoms with Crippen LogP contribution in [0.3, 0.4) is 0 Å². The van der Waals surface area contributed by atoms with Gasteiger partial charge in [-0.1, -0.05) is 42.5 Å². The van der Waals surface area contributed by atoms with E-state index in [4.69, 9.17) is 4.74 Å². The second-order valence-corrected chi connectivity index (χ2v) is 3.46. The van der Waals surface area contributed by atoms with E-state index in [2.05, 4.69) is 12.7 Å². The minimum Gasteiger partial charge on any atom is -0.454 e. The molecule has 3 heteroatoms. The Morgan fingerprint density at radius 1 is 0.944 bits per heavy atom. The average Bonchev–Trinajstić information content (AvgIpc) is 2.40. The Morgan fingerprint density at radius 3 is 2.06 bits per heavy atom. The first kappa shape index (κ1) is 14.8. The van der Waals surface area contributed by atoms with Crippen LogP contribution in [0.5, 0.6) is 5.75 Å². The van der Waals surface area contributed by atoms with Gasteiger partial charge in [-0.25, -0.2) is 0 Å². The summed E-state index contributed by atoms with van der Waals surface area (Å²) < 4.78 is 4.94. The van der Waals surface area contributed by atoms with Crippen molar-refractivity contribution in [3.8, 4) is 16.9 Å². The van der Waals surface area contributed by atoms with E-state index in [0.717, 1.165) is 11.1 Å². The zero-order chi connectivity index (χ0) is 12.1. The smallest absolute Gasteiger partial charge is 0.155 e. The zero-order valence-electron chi connectivity index (χ0n) is 9.80. The largest absolute Gasteiger partial charge is 0.454 e. The Morgan fingerprint density at radius 2 is 1.50 bits per heavy atom. The van der Waals surface area contributed by atoms with Crippen molar-refractivity contribution in [1.29, 1.82) is 0 Å². The Bertz CT molecular complexity index is 518. The number of carbonyl (C=O) groups excluding carboxylic acids is 1. The summed E-state index contributed by atoms with van der Waals surface area (Å²) in [6.07, 6.45) is 2.15. The predicted octanol–water partition coefficient (Wildman–Crippen LogP) is 3.25. The summed E-state index contributed by atoms with van der Waals surface area (Å²) in [5.41, 5.74) is 2.20. The van der Waals surface area contributed by atoms with E-state index in [9.17, 15) is 4.79 Å². The number of hydrogen-bond acceptors (Lipinski definition) is 2. The van der Waals surface area contributed by atoms with Crippen molar-refractivity contribution >= 4 is 5.97 Å². The molecule has 0 aliphatic carbocycles. The summed E-state index contributed by atoms with van der Waals surface area (Å²) in [6.45, 7) is 3.22. The summed E-state index contributed by atoms with van der Waals surface area (Å²) in [5, 5.41) is 0. The summed E-state index contributed by atoms with van der Waals surface area (Å²) in [5.74, 6) is -0.0803. The van der Waals surface area contributed by atoms with Crippen LogP contribution in [0.4, 0.5) is 0 Å². The predicted molar refractivity (Wildman–Crippen MR) is 66.4 cm³/mol. The summed E-state index contributed by atoms with van der Waals surface area (Å²) in [7, 11) is 0. The van der Waals surface area contributed by atoms with Gasteiger partial charge in [-0.05, 0) is 23.3 Å². The Hall–Kier alpha value is -1.25. The van der Waals surface area contributed by atoms with Crippen molar-refractivity contribution in [1.82, 2.24) is 0 Å². The molecule has 0 atom stereocenters. The fourth-order valence-electron chi connectivity index (χ4n) is 1.49. The molecule has 0 amide bonds. The van der Waals surface area contributed by atoms with Crippen molar-refractivity contribution in [3.05, 3.63) is 67.3 Å². The number of hydrogen-bond donors (Lipinski definition) is 0. The Labute approximate surface area is 132 Å². The fraction of sp³-hybridized carbons (Fsp3) is 0. The Balaban J connectivity index is 0.00000162. The molecule has 0 heterocycles. The molecule has 0 aromatic heterocycles. The standard InChI is InChI=1S/C15H11O2.Y/c1-2-15(16)17-14-10-8-13(9-11-14)12-6-4-3-5-7-12;/h3-11H,1H2;/q-1;. The molecule has 2 nitrogen and oxygen atoms in total. The summed E-state index contributed by atoms with van der Waals surface area (Å²) in [6, 6.07) is 17.3. The van der Waals surface area contributed by atoms with Gasteiger partial charge in [0.25, 0.3) is 0 Å². The van der Waals surface area contributed by atoms with Gasteiger partial charge in [0.2, 0.25) is 0 Å². The van der Waals surface area contributed by atoms with Gasteiger partial charge >= 0.3 is 0 Å². The normalized spacial score (nSPS) is 9.11. The third kappa shape index (κ3) is 3.90. The van der Waals surface area contributed by atoms with Gasteiger partial charge in [0.05, 0.1) is 0 Å². The second kappa shape index (κ2) is 7.25. The molecular weight excluding hydrogens is 301 g/mol. The molecule has 2 aromatic rings. The van der Waals surface area contributed by atoms with Crippen LogP contribution in [0.25, 0.3) is 11.1 Å². The second-order valence-electron chi connectivity index (χ2n) is 3.46. The molecule has 0 spiro atoms. The molecule has 0 unspecified atom stereocenters. The number of ether oxygens (including phenoxy) is 1. The summed E-state index contributed by atoms with van der Waals surface area (Å²) in [4.78, 5) is 10.9. The third-order valence-electron chi connectivity index (χ3n) is 2.32. The van der Waals surface area contributed by atoms with Gasteiger partial charge < -0.3 is 10.8 Å². The first-order valence-corrected chi connectivity index (χ1v) is 5.20. The molecule has 0 saturated heterocycles. The SMILES string of the molecule is C=[C-]C(=O)Oc1ccc(-c2ccccc2)cc1.[Y]. The topological polar surface area (TPSA) is 26.3 Å². The monoisotopic (exact) mass is 312 g/mol. The van der Waals surface area contributed by atoms with Gasteiger partial charge in [-0.15, -0.1) is 0 Å². The quantitative estimate of drug-likeness (QED) is 0.376. The van der Waals surface area contributed by atoms with E-state index in [1.165, 1.54) is 0 Å². The van der Waals surface area contributed by atoms with Crippen LogP contribution in [0, 0.1) is 6.08 Å². The van der Waals surface area contributed by atoms with E-state index in [1.54, 1.807) is 12.1 Å². The van der Waals surface area contributed by atoms with Crippen molar-refractivity contribution in [2.75, 3.05) is 0 Å². The molecule has 2 aromatic carbocycles. The van der Waals surface area contributed by atoms with E-state index in [-0.39, 0.29) is 32.7 Å². The minimum atomic E-state index is -0.572. The van der Waals surface area contributed by atoms with Crippen LogP contribution in [0.2, 0.25) is 0 Å². The zero-order valence-corrected chi connectivity index (χ0v) is 12.6. The molecule has 1 radical (unpaired) electrons. The van der Waals surface area contributed by atoms with Crippen LogP contribution in [-0.4, -0.2) is 5.97 Å². The van der Waals surface area contributed by atoms with E-state index < -0.39 is 5.97 Å². The first-order chi connectivity index (χ1) is 8.29. The molecule has 0 bridgehead atoms. The van der Waals surface area contributed by atoms with Gasteiger partial charge in [0, 0.05) is 32.7 Å². The molecule has 87 valence electrons. The third-order valence-corrected chi connectivity index (χ3v) is 2.32. The molecule has 0 saturated carbocycles. The molecule has 2 rings (SSSR count). The molecule has 0 N–H and O–H groups in total. The summed E-state index contributed by atoms with van der Waals surface area (Å²) >= 11 is 0. The molecule has 0 aliphatic heterocycles. The Kier molecular flexibility index (Phi) is 5.96. The maximum Gasteiger partial charge on any atom is 0.155 e. The number of benzene rings is 2. The minimum absolute atomic E-state index is 0. The molecular formula is C15H11O2Y-. The number of esters is 1. The maximum absolute atomic E-state index is 10.9. The van der Waals surface area contributed by atoms with Crippen LogP contribution in [-0.2, 0) is 37.5 Å². The van der Waals surface area contributed by atoms with Crippen LogP contribution >= 0.6 is 0 Å². The van der Waals surface area contributed by atoms with Gasteiger partial charge in [0.15, 0.2) is 5.97 Å². The van der Waals surface area contributed by atoms with Crippen LogP contribution < -0.4 is 4.74 Å². The average molecular weight is 312 g/mol. The van der Waals surface area contributed by atoms with Crippen molar-refractivity contribution in [2.45, 2.75) is 0 Å². The van der Waals surface area contributed by atoms with Crippen molar-refractivity contribution < 1.29 is 42.2 Å². The molecule has 18 heavy (non-hydrogen) atoms. The van der Waals surface area contributed by atoms with E-state index in [1.807, 2.05) is 42.5 Å². The van der Waals surface area contributed by atoms with Crippen LogP contribution in [0.15, 0.2) is 61.2 Å². The van der Waals surface area contributed by atoms with E-state index in [0.29, 0.717) is 5.75 Å². The maximum atomic E-state index is 10.9. The fourth-order valence-corrected chi connectivity index (χ4v) is 1.49. The van der Waals surface area contributed by atoms with Crippen LogP contribution in [0.1, 0.15) is 0 Å². The molecule has 0 fully saturated rings. The molecule has 0 aliphatic rings.